The van der Waals surface area contributed by atoms with E-state index >= 15 is 0 Å². The highest BCUT2D eigenvalue weighted by Gasteiger charge is 2.31. The van der Waals surface area contributed by atoms with Gasteiger partial charge in [-0.2, -0.15) is 13.2 Å². The number of pyridine rings is 1. The second-order valence-corrected chi connectivity index (χ2v) is 6.39. The molecule has 7 heteroatoms. The molecule has 1 aromatic carbocycles. The predicted octanol–water partition coefficient (Wildman–Crippen LogP) is 5.84. The van der Waals surface area contributed by atoms with Crippen molar-refractivity contribution in [1.82, 2.24) is 4.98 Å². The quantitative estimate of drug-likeness (QED) is 0.648. The van der Waals surface area contributed by atoms with Gasteiger partial charge in [-0.15, -0.1) is 0 Å². The predicted molar refractivity (Wildman–Crippen MR) is 99.2 cm³/mol. The summed E-state index contributed by atoms with van der Waals surface area (Å²) in [5.74, 6) is 0.496. The van der Waals surface area contributed by atoms with Crippen molar-refractivity contribution in [2.24, 2.45) is 0 Å². The Morgan fingerprint density at radius 1 is 1.03 bits per heavy atom. The van der Waals surface area contributed by atoms with Crippen LogP contribution in [-0.4, -0.2) is 4.98 Å². The molecule has 0 amide bonds. The number of rotatable bonds is 4. The number of benzene rings is 1. The number of ether oxygens (including phenoxy) is 3. The van der Waals surface area contributed by atoms with E-state index in [-0.39, 0.29) is 17.7 Å². The molecule has 0 saturated carbocycles. The summed E-state index contributed by atoms with van der Waals surface area (Å²) in [6, 6.07) is 12.0. The first-order valence-corrected chi connectivity index (χ1v) is 8.87. The van der Waals surface area contributed by atoms with Gasteiger partial charge in [0.1, 0.15) is 6.26 Å². The Morgan fingerprint density at radius 2 is 1.86 bits per heavy atom. The average molecular weight is 399 g/mol. The van der Waals surface area contributed by atoms with Crippen LogP contribution in [0.25, 0.3) is 0 Å². The zero-order valence-electron chi connectivity index (χ0n) is 15.1. The molecule has 4 nitrogen and oxygen atoms in total. The highest BCUT2D eigenvalue weighted by Crippen LogP contribution is 2.37. The molecule has 0 radical (unpaired) electrons. The van der Waals surface area contributed by atoms with Crippen molar-refractivity contribution in [3.63, 3.8) is 0 Å². The number of aromatic nitrogens is 1. The second kappa shape index (κ2) is 7.87. The lowest BCUT2D eigenvalue weighted by molar-refractivity contribution is -0.137. The number of hydrogen-bond acceptors (Lipinski definition) is 4. The van der Waals surface area contributed by atoms with Crippen LogP contribution in [0.4, 0.5) is 13.2 Å². The van der Waals surface area contributed by atoms with E-state index in [9.17, 15) is 13.2 Å². The molecule has 2 aliphatic rings. The molecule has 0 N–H and O–H groups in total. The molecular formula is C22H16F3NO3. The van der Waals surface area contributed by atoms with Gasteiger partial charge in [0, 0.05) is 23.8 Å². The summed E-state index contributed by atoms with van der Waals surface area (Å²) >= 11 is 0. The van der Waals surface area contributed by atoms with Crippen LogP contribution in [0, 0.1) is 0 Å². The van der Waals surface area contributed by atoms with Crippen molar-refractivity contribution in [2.45, 2.75) is 18.5 Å². The smallest absolute Gasteiger partial charge is 0.417 e. The fourth-order valence-electron chi connectivity index (χ4n) is 3.08. The van der Waals surface area contributed by atoms with E-state index in [4.69, 9.17) is 14.2 Å². The molecule has 4 rings (SSSR count). The molecule has 148 valence electrons. The fraction of sp³-hybridized carbons (Fsp3) is 0.136. The third-order valence-corrected chi connectivity index (χ3v) is 4.46. The van der Waals surface area contributed by atoms with Gasteiger partial charge in [0.25, 0.3) is 0 Å². The minimum Gasteiger partial charge on any atom is -0.461 e. The lowest BCUT2D eigenvalue weighted by Crippen LogP contribution is -2.13. The van der Waals surface area contributed by atoms with Gasteiger partial charge in [-0.3, -0.25) is 0 Å². The van der Waals surface area contributed by atoms with E-state index in [1.165, 1.54) is 12.5 Å². The summed E-state index contributed by atoms with van der Waals surface area (Å²) in [7, 11) is 0. The zero-order chi connectivity index (χ0) is 20.3. The van der Waals surface area contributed by atoms with Crippen molar-refractivity contribution < 1.29 is 27.4 Å². The Bertz CT molecular complexity index is 990. The summed E-state index contributed by atoms with van der Waals surface area (Å²) < 4.78 is 54.5. The molecule has 2 aromatic rings. The molecule has 0 spiro atoms. The maximum absolute atomic E-state index is 12.7. The Kier molecular flexibility index (Phi) is 5.12. The first-order valence-electron chi connectivity index (χ1n) is 8.87. The van der Waals surface area contributed by atoms with Crippen LogP contribution < -0.4 is 4.74 Å². The topological polar surface area (TPSA) is 40.6 Å². The van der Waals surface area contributed by atoms with Crippen LogP contribution >= 0.6 is 0 Å². The molecule has 0 fully saturated rings. The number of nitrogens with zero attached hydrogens (tertiary/aromatic N) is 1. The van der Waals surface area contributed by atoms with Crippen LogP contribution in [-0.2, 0) is 15.7 Å². The van der Waals surface area contributed by atoms with E-state index in [2.05, 4.69) is 11.1 Å². The SMILES string of the molecule is FC(F)(F)c1ccc(OC2=COC=C(C3=CC=CCC3c3ccccc3)O2)nc1. The lowest BCUT2D eigenvalue weighted by atomic mass is 9.84. The van der Waals surface area contributed by atoms with Gasteiger partial charge in [-0.25, -0.2) is 4.98 Å². The van der Waals surface area contributed by atoms with Gasteiger partial charge in [-0.05, 0) is 18.1 Å². The van der Waals surface area contributed by atoms with Crippen LogP contribution in [0.5, 0.6) is 5.88 Å². The molecule has 29 heavy (non-hydrogen) atoms. The molecule has 1 atom stereocenters. The normalized spacial score (nSPS) is 18.7. The Morgan fingerprint density at radius 3 is 2.59 bits per heavy atom. The third kappa shape index (κ3) is 4.34. The Labute approximate surface area is 165 Å². The van der Waals surface area contributed by atoms with Crippen molar-refractivity contribution in [3.8, 4) is 5.88 Å². The van der Waals surface area contributed by atoms with E-state index < -0.39 is 11.7 Å². The summed E-state index contributed by atoms with van der Waals surface area (Å²) in [6.45, 7) is 0. The summed E-state index contributed by atoms with van der Waals surface area (Å²) in [5, 5.41) is 0. The zero-order valence-corrected chi connectivity index (χ0v) is 15.1. The van der Waals surface area contributed by atoms with Crippen LogP contribution in [0.1, 0.15) is 23.5 Å². The second-order valence-electron chi connectivity index (χ2n) is 6.39. The van der Waals surface area contributed by atoms with Crippen LogP contribution in [0.2, 0.25) is 0 Å². The first-order chi connectivity index (χ1) is 14.0. The first kappa shape index (κ1) is 18.9. The Hall–Kier alpha value is -3.48. The lowest BCUT2D eigenvalue weighted by Gasteiger charge is -2.25. The number of alkyl halides is 3. The number of hydrogen-bond donors (Lipinski definition) is 0. The summed E-state index contributed by atoms with van der Waals surface area (Å²) in [6.07, 6.45) is 5.69. The standard InChI is InChI=1S/C22H16F3NO3/c23-22(24,25)16-10-11-20(26-12-16)29-21-14-27-13-19(28-21)18-9-5-4-8-17(18)15-6-2-1-3-7-15/h1-7,9-14,17H,8H2. The highest BCUT2D eigenvalue weighted by atomic mass is 19.4. The van der Waals surface area contributed by atoms with Crippen molar-refractivity contribution in [1.29, 1.82) is 0 Å². The molecule has 0 saturated heterocycles. The van der Waals surface area contributed by atoms with Crippen LogP contribution in [0.15, 0.2) is 96.7 Å². The van der Waals surface area contributed by atoms with Crippen molar-refractivity contribution in [3.05, 3.63) is 108 Å². The van der Waals surface area contributed by atoms with Gasteiger partial charge >= 0.3 is 12.1 Å². The molecule has 1 unspecified atom stereocenters. The average Bonchev–Trinajstić information content (AvgIpc) is 2.74. The minimum atomic E-state index is -4.46. The molecule has 1 aliphatic carbocycles. The molecular weight excluding hydrogens is 383 g/mol. The molecule has 1 aromatic heterocycles. The van der Waals surface area contributed by atoms with Gasteiger partial charge in [0.2, 0.25) is 5.88 Å². The third-order valence-electron chi connectivity index (χ3n) is 4.46. The van der Waals surface area contributed by atoms with E-state index in [0.29, 0.717) is 12.0 Å². The monoisotopic (exact) mass is 399 g/mol. The van der Waals surface area contributed by atoms with E-state index in [1.807, 2.05) is 42.5 Å². The molecule has 1 aliphatic heterocycles. The van der Waals surface area contributed by atoms with Crippen molar-refractivity contribution >= 4 is 0 Å². The maximum atomic E-state index is 12.7. The highest BCUT2D eigenvalue weighted by molar-refractivity contribution is 5.43. The van der Waals surface area contributed by atoms with Gasteiger partial charge in [-0.1, -0.05) is 48.6 Å². The van der Waals surface area contributed by atoms with Gasteiger partial charge in [0.05, 0.1) is 5.56 Å². The molecule has 2 heterocycles. The van der Waals surface area contributed by atoms with Crippen LogP contribution in [0.3, 0.4) is 0 Å². The number of allylic oxidation sites excluding steroid dienone is 4. The summed E-state index contributed by atoms with van der Waals surface area (Å²) in [5.41, 5.74) is 1.19. The maximum Gasteiger partial charge on any atom is 0.417 e. The largest absolute Gasteiger partial charge is 0.461 e. The Balaban J connectivity index is 1.48. The fourth-order valence-corrected chi connectivity index (χ4v) is 3.08. The molecule has 0 bridgehead atoms. The van der Waals surface area contributed by atoms with E-state index in [1.54, 1.807) is 0 Å². The minimum absolute atomic E-state index is 0.0166. The number of halogens is 3. The van der Waals surface area contributed by atoms with Crippen molar-refractivity contribution in [2.75, 3.05) is 0 Å². The van der Waals surface area contributed by atoms with Gasteiger partial charge in [0.15, 0.2) is 12.0 Å². The van der Waals surface area contributed by atoms with E-state index in [0.717, 1.165) is 29.7 Å². The van der Waals surface area contributed by atoms with Gasteiger partial charge < -0.3 is 14.2 Å². The summed E-state index contributed by atoms with van der Waals surface area (Å²) in [4.78, 5) is 3.68.